The largest absolute Gasteiger partial charge is 0.416 e. The summed E-state index contributed by atoms with van der Waals surface area (Å²) in [6, 6.07) is 23.4. The highest BCUT2D eigenvalue weighted by Gasteiger charge is 2.32. The van der Waals surface area contributed by atoms with Crippen molar-refractivity contribution in [2.75, 3.05) is 10.2 Å². The van der Waals surface area contributed by atoms with Gasteiger partial charge in [-0.1, -0.05) is 24.3 Å². The number of aryl methyl sites for hydroxylation is 2. The monoisotopic (exact) mass is 605 g/mol. The van der Waals surface area contributed by atoms with E-state index in [1.165, 1.54) is 6.07 Å². The summed E-state index contributed by atoms with van der Waals surface area (Å²) >= 11 is 0. The highest BCUT2D eigenvalue weighted by atomic mass is 19.4. The number of rotatable bonds is 7. The molecule has 3 heterocycles. The number of halogens is 3. The van der Waals surface area contributed by atoms with Crippen molar-refractivity contribution in [2.45, 2.75) is 20.0 Å². The molecule has 0 fully saturated rings. The van der Waals surface area contributed by atoms with Gasteiger partial charge in [-0.25, -0.2) is 15.0 Å². The fourth-order valence-electron chi connectivity index (χ4n) is 4.83. The maximum Gasteiger partial charge on any atom is 0.416 e. The highest BCUT2D eigenvalue weighted by molar-refractivity contribution is 6.05. The Morgan fingerprint density at radius 2 is 1.69 bits per heavy atom. The summed E-state index contributed by atoms with van der Waals surface area (Å²) in [5, 5.41) is 2.65. The van der Waals surface area contributed by atoms with E-state index >= 15 is 0 Å². The third-order valence-corrected chi connectivity index (χ3v) is 7.02. The Morgan fingerprint density at radius 3 is 2.40 bits per heavy atom. The minimum Gasteiger partial charge on any atom is -0.344 e. The lowest BCUT2D eigenvalue weighted by atomic mass is 10.1. The second-order valence-electron chi connectivity index (χ2n) is 10.3. The van der Waals surface area contributed by atoms with E-state index in [1.54, 1.807) is 56.0 Å². The molecule has 11 heteroatoms. The molecule has 0 spiro atoms. The number of carbonyl (C=O) groups excluding carboxylic acids is 1. The van der Waals surface area contributed by atoms with Crippen molar-refractivity contribution in [2.24, 2.45) is 0 Å². The number of anilines is 4. The number of nitrogens with one attached hydrogen (secondary N) is 2. The Kier molecular flexibility index (Phi) is 7.82. The fourth-order valence-corrected chi connectivity index (χ4v) is 4.83. The number of hydrogen-bond donors (Lipinski definition) is 2. The van der Waals surface area contributed by atoms with Crippen LogP contribution < -0.4 is 10.2 Å². The Hall–Kier alpha value is -5.84. The molecule has 6 aromatic rings. The summed E-state index contributed by atoms with van der Waals surface area (Å²) < 4.78 is 41.4. The lowest BCUT2D eigenvalue weighted by molar-refractivity contribution is -0.137. The van der Waals surface area contributed by atoms with Crippen LogP contribution in [-0.2, 0) is 6.18 Å². The van der Waals surface area contributed by atoms with Gasteiger partial charge in [-0.05, 0) is 80.1 Å². The van der Waals surface area contributed by atoms with Crippen LogP contribution in [0.1, 0.15) is 27.2 Å². The number of H-pyrrole nitrogens is 1. The predicted molar refractivity (Wildman–Crippen MR) is 166 cm³/mol. The molecule has 1 amide bonds. The molecule has 0 aliphatic rings. The molecule has 3 aromatic heterocycles. The first-order valence-corrected chi connectivity index (χ1v) is 13.9. The first-order valence-electron chi connectivity index (χ1n) is 13.9. The van der Waals surface area contributed by atoms with Gasteiger partial charge in [-0.2, -0.15) is 13.2 Å². The molecule has 0 saturated carbocycles. The zero-order valence-electron chi connectivity index (χ0n) is 24.2. The van der Waals surface area contributed by atoms with Gasteiger partial charge >= 0.3 is 6.18 Å². The van der Waals surface area contributed by atoms with E-state index in [-0.39, 0.29) is 22.6 Å². The number of para-hydroxylation sites is 1. The average molecular weight is 606 g/mol. The van der Waals surface area contributed by atoms with Crippen LogP contribution in [0.5, 0.6) is 0 Å². The molecule has 3 aromatic carbocycles. The van der Waals surface area contributed by atoms with Gasteiger partial charge in [0.05, 0.1) is 22.6 Å². The summed E-state index contributed by atoms with van der Waals surface area (Å²) in [6.07, 6.45) is 2.00. The van der Waals surface area contributed by atoms with Crippen molar-refractivity contribution in [3.8, 4) is 22.6 Å². The first kappa shape index (κ1) is 29.2. The Morgan fingerprint density at radius 1 is 0.867 bits per heavy atom. The normalized spacial score (nSPS) is 11.3. The standard InChI is InChI=1S/C34H26F3N7O/c1-21-10-11-23(32(45)42-27-16-25(31-40-19-22(2)41-31)15-26(18-27)34(35,36)37)17-30(21)44(28-8-4-3-5-9-28)33-39-14-12-29(43-33)24-7-6-13-38-20-24/h3-20H,1-2H3,(H,40,41)(H,42,45). The number of benzene rings is 3. The molecule has 0 unspecified atom stereocenters. The number of nitrogens with zero attached hydrogens (tertiary/aromatic N) is 5. The van der Waals surface area contributed by atoms with E-state index in [0.717, 1.165) is 28.9 Å². The van der Waals surface area contributed by atoms with Gasteiger partial charge in [-0.3, -0.25) is 14.7 Å². The third kappa shape index (κ3) is 6.42. The predicted octanol–water partition coefficient (Wildman–Crippen LogP) is 8.29. The molecular formula is C34H26F3N7O. The molecule has 224 valence electrons. The van der Waals surface area contributed by atoms with E-state index in [9.17, 15) is 18.0 Å². The van der Waals surface area contributed by atoms with Gasteiger partial charge in [0, 0.05) is 52.9 Å². The quantitative estimate of drug-likeness (QED) is 0.190. The van der Waals surface area contributed by atoms with E-state index in [4.69, 9.17) is 4.98 Å². The molecule has 0 aliphatic carbocycles. The van der Waals surface area contributed by atoms with Crippen molar-refractivity contribution in [1.29, 1.82) is 0 Å². The minimum absolute atomic E-state index is 0.0200. The number of amides is 1. The van der Waals surface area contributed by atoms with Gasteiger partial charge in [0.1, 0.15) is 5.82 Å². The van der Waals surface area contributed by atoms with Gasteiger partial charge in [0.15, 0.2) is 0 Å². The molecule has 0 aliphatic heterocycles. The number of pyridine rings is 1. The van der Waals surface area contributed by atoms with Crippen molar-refractivity contribution in [3.05, 3.63) is 132 Å². The van der Waals surface area contributed by atoms with Crippen LogP contribution in [0.3, 0.4) is 0 Å². The van der Waals surface area contributed by atoms with E-state index < -0.39 is 17.6 Å². The number of carbonyl (C=O) groups is 1. The van der Waals surface area contributed by atoms with Crippen molar-refractivity contribution < 1.29 is 18.0 Å². The molecule has 45 heavy (non-hydrogen) atoms. The number of alkyl halides is 3. The summed E-state index contributed by atoms with van der Waals surface area (Å²) in [7, 11) is 0. The molecular weight excluding hydrogens is 579 g/mol. The number of imidazole rings is 1. The minimum atomic E-state index is -4.63. The van der Waals surface area contributed by atoms with Gasteiger partial charge in [0.25, 0.3) is 5.91 Å². The molecule has 0 bridgehead atoms. The molecule has 0 atom stereocenters. The Bertz CT molecular complexity index is 1980. The second kappa shape index (κ2) is 12.0. The number of aromatic nitrogens is 5. The zero-order chi connectivity index (χ0) is 31.6. The van der Waals surface area contributed by atoms with Crippen molar-refractivity contribution in [3.63, 3.8) is 0 Å². The van der Waals surface area contributed by atoms with Gasteiger partial charge in [-0.15, -0.1) is 0 Å². The maximum absolute atomic E-state index is 13.8. The van der Waals surface area contributed by atoms with Crippen LogP contribution in [0, 0.1) is 13.8 Å². The SMILES string of the molecule is Cc1c[nH]c(-c2cc(NC(=O)c3ccc(C)c(N(c4ccccc4)c4nccc(-c5cccnc5)n4)c3)cc(C(F)(F)F)c2)n1. The highest BCUT2D eigenvalue weighted by Crippen LogP contribution is 2.37. The molecule has 2 N–H and O–H groups in total. The summed E-state index contributed by atoms with van der Waals surface area (Å²) in [5.74, 6) is 0.0356. The summed E-state index contributed by atoms with van der Waals surface area (Å²) in [4.78, 5) is 36.1. The lowest BCUT2D eigenvalue weighted by Gasteiger charge is -2.25. The first-order chi connectivity index (χ1) is 21.7. The topological polar surface area (TPSA) is 99.7 Å². The van der Waals surface area contributed by atoms with Crippen LogP contribution in [0.15, 0.2) is 110 Å². The zero-order valence-corrected chi connectivity index (χ0v) is 24.2. The van der Waals surface area contributed by atoms with E-state index in [1.807, 2.05) is 54.3 Å². The van der Waals surface area contributed by atoms with Crippen LogP contribution in [-0.4, -0.2) is 30.8 Å². The van der Waals surface area contributed by atoms with Crippen LogP contribution in [0.25, 0.3) is 22.6 Å². The average Bonchev–Trinajstić information content (AvgIpc) is 3.49. The van der Waals surface area contributed by atoms with Gasteiger partial charge < -0.3 is 10.3 Å². The van der Waals surface area contributed by atoms with E-state index in [2.05, 4.69) is 25.3 Å². The summed E-state index contributed by atoms with van der Waals surface area (Å²) in [6.45, 7) is 3.62. The molecule has 6 rings (SSSR count). The second-order valence-corrected chi connectivity index (χ2v) is 10.3. The van der Waals surface area contributed by atoms with Gasteiger partial charge in [0.2, 0.25) is 5.95 Å². The smallest absolute Gasteiger partial charge is 0.344 e. The fraction of sp³-hybridized carbons (Fsp3) is 0.0882. The molecule has 0 radical (unpaired) electrons. The van der Waals surface area contributed by atoms with Crippen LogP contribution in [0.2, 0.25) is 0 Å². The number of hydrogen-bond acceptors (Lipinski definition) is 6. The lowest BCUT2D eigenvalue weighted by Crippen LogP contribution is -2.17. The molecule has 8 nitrogen and oxygen atoms in total. The van der Waals surface area contributed by atoms with Crippen LogP contribution >= 0.6 is 0 Å². The maximum atomic E-state index is 13.8. The molecule has 0 saturated heterocycles. The van der Waals surface area contributed by atoms with Crippen molar-refractivity contribution in [1.82, 2.24) is 24.9 Å². The van der Waals surface area contributed by atoms with Crippen LogP contribution in [0.4, 0.5) is 36.2 Å². The third-order valence-electron chi connectivity index (χ3n) is 7.02. The number of aromatic amines is 1. The van der Waals surface area contributed by atoms with E-state index in [0.29, 0.717) is 23.0 Å². The Labute approximate surface area is 256 Å². The summed E-state index contributed by atoms with van der Waals surface area (Å²) in [5.41, 5.74) is 3.77. The Balaban J connectivity index is 1.39. The van der Waals surface area contributed by atoms with Crippen molar-refractivity contribution >= 4 is 28.9 Å².